The Kier molecular flexibility index (Phi) is 3.55. The lowest BCUT2D eigenvalue weighted by Crippen LogP contribution is -2.16. The molecule has 1 aromatic heterocycles. The Labute approximate surface area is 124 Å². The van der Waals surface area contributed by atoms with Crippen molar-refractivity contribution in [1.82, 2.24) is 4.98 Å². The smallest absolute Gasteiger partial charge is 0.262 e. The second kappa shape index (κ2) is 5.37. The van der Waals surface area contributed by atoms with E-state index >= 15 is 0 Å². The largest absolute Gasteiger partial charge is 0.384 e. The van der Waals surface area contributed by atoms with E-state index in [-0.39, 0.29) is 10.7 Å². The van der Waals surface area contributed by atoms with E-state index in [2.05, 4.69) is 15.8 Å². The van der Waals surface area contributed by atoms with Crippen molar-refractivity contribution in [2.24, 2.45) is 0 Å². The number of sulfonamides is 1. The lowest BCUT2D eigenvalue weighted by atomic mass is 9.91. The van der Waals surface area contributed by atoms with Crippen LogP contribution >= 0.6 is 0 Å². The summed E-state index contributed by atoms with van der Waals surface area (Å²) >= 11 is 0. The van der Waals surface area contributed by atoms with E-state index in [1.165, 1.54) is 23.9 Å². The summed E-state index contributed by atoms with van der Waals surface area (Å²) in [6.07, 6.45) is 5.56. The van der Waals surface area contributed by atoms with Gasteiger partial charge < -0.3 is 5.73 Å². The highest BCUT2D eigenvalue weighted by atomic mass is 32.2. The normalized spacial score (nSPS) is 14.5. The number of aromatic nitrogens is 1. The fraction of sp³-hybridized carbons (Fsp3) is 0.267. The highest BCUT2D eigenvalue weighted by Crippen LogP contribution is 2.29. The SMILES string of the molecule is Nc1cc(S(=O)(=O)Nc2cccc3c2CCCC3)ccn1. The molecule has 5 nitrogen and oxygen atoms in total. The Morgan fingerprint density at radius 3 is 2.76 bits per heavy atom. The molecule has 2 aromatic rings. The predicted octanol–water partition coefficient (Wildman–Crippen LogP) is 2.34. The molecular weight excluding hydrogens is 286 g/mol. The zero-order chi connectivity index (χ0) is 14.9. The number of nitrogens with one attached hydrogen (secondary N) is 1. The van der Waals surface area contributed by atoms with Crippen molar-refractivity contribution in [3.05, 3.63) is 47.7 Å². The summed E-state index contributed by atoms with van der Waals surface area (Å²) in [6, 6.07) is 8.57. The Morgan fingerprint density at radius 1 is 1.14 bits per heavy atom. The van der Waals surface area contributed by atoms with Gasteiger partial charge in [0.2, 0.25) is 0 Å². The first kappa shape index (κ1) is 13.9. The third-order valence-electron chi connectivity index (χ3n) is 3.70. The standard InChI is InChI=1S/C15H17N3O2S/c16-15-10-12(8-9-17-15)21(19,20)18-14-7-3-5-11-4-1-2-6-13(11)14/h3,5,7-10,18H,1-2,4,6H2,(H2,16,17). The number of benzene rings is 1. The van der Waals surface area contributed by atoms with E-state index in [1.54, 1.807) is 0 Å². The monoisotopic (exact) mass is 303 g/mol. The number of hydrogen-bond acceptors (Lipinski definition) is 4. The first-order valence-electron chi connectivity index (χ1n) is 6.91. The van der Waals surface area contributed by atoms with Crippen LogP contribution in [-0.4, -0.2) is 13.4 Å². The lowest BCUT2D eigenvalue weighted by molar-refractivity contribution is 0.601. The molecule has 3 rings (SSSR count). The summed E-state index contributed by atoms with van der Waals surface area (Å²) in [6.45, 7) is 0. The van der Waals surface area contributed by atoms with Gasteiger partial charge in [-0.2, -0.15) is 0 Å². The summed E-state index contributed by atoms with van der Waals surface area (Å²) in [5.41, 5.74) is 8.56. The molecule has 0 fully saturated rings. The molecule has 0 saturated heterocycles. The maximum absolute atomic E-state index is 12.4. The minimum absolute atomic E-state index is 0.128. The topological polar surface area (TPSA) is 85.1 Å². The van der Waals surface area contributed by atoms with E-state index in [1.807, 2.05) is 12.1 Å². The molecule has 3 N–H and O–H groups in total. The van der Waals surface area contributed by atoms with Crippen LogP contribution in [-0.2, 0) is 22.9 Å². The van der Waals surface area contributed by atoms with Crippen LogP contribution in [0.1, 0.15) is 24.0 Å². The average Bonchev–Trinajstić information content (AvgIpc) is 2.47. The van der Waals surface area contributed by atoms with E-state index < -0.39 is 10.0 Å². The van der Waals surface area contributed by atoms with Gasteiger partial charge in [0.25, 0.3) is 10.0 Å². The van der Waals surface area contributed by atoms with Crippen molar-refractivity contribution in [2.75, 3.05) is 10.5 Å². The third-order valence-corrected chi connectivity index (χ3v) is 5.07. The molecule has 0 spiro atoms. The summed E-state index contributed by atoms with van der Waals surface area (Å²) < 4.78 is 27.6. The van der Waals surface area contributed by atoms with Gasteiger partial charge >= 0.3 is 0 Å². The second-order valence-electron chi connectivity index (χ2n) is 5.17. The van der Waals surface area contributed by atoms with Gasteiger partial charge in [0.05, 0.1) is 10.6 Å². The van der Waals surface area contributed by atoms with Crippen LogP contribution in [0.15, 0.2) is 41.4 Å². The fourth-order valence-corrected chi connectivity index (χ4v) is 3.79. The van der Waals surface area contributed by atoms with Gasteiger partial charge in [0.15, 0.2) is 0 Å². The van der Waals surface area contributed by atoms with Crippen LogP contribution in [0.3, 0.4) is 0 Å². The highest BCUT2D eigenvalue weighted by molar-refractivity contribution is 7.92. The van der Waals surface area contributed by atoms with Gasteiger partial charge in [-0.1, -0.05) is 12.1 Å². The molecule has 0 saturated carbocycles. The summed E-state index contributed by atoms with van der Waals surface area (Å²) in [5.74, 6) is 0.188. The third kappa shape index (κ3) is 2.85. The van der Waals surface area contributed by atoms with Gasteiger partial charge in [0, 0.05) is 12.3 Å². The van der Waals surface area contributed by atoms with E-state index in [4.69, 9.17) is 5.73 Å². The molecule has 0 amide bonds. The maximum atomic E-state index is 12.4. The van der Waals surface area contributed by atoms with E-state index in [0.717, 1.165) is 31.2 Å². The summed E-state index contributed by atoms with van der Waals surface area (Å²) in [5, 5.41) is 0. The summed E-state index contributed by atoms with van der Waals surface area (Å²) in [4.78, 5) is 3.94. The molecule has 0 unspecified atom stereocenters. The molecule has 0 atom stereocenters. The molecule has 0 bridgehead atoms. The Balaban J connectivity index is 1.96. The molecular formula is C15H17N3O2S. The number of nitrogens with zero attached hydrogens (tertiary/aromatic N) is 1. The Bertz CT molecular complexity index is 772. The quantitative estimate of drug-likeness (QED) is 0.911. The zero-order valence-corrected chi connectivity index (χ0v) is 12.4. The molecule has 110 valence electrons. The predicted molar refractivity (Wildman–Crippen MR) is 82.5 cm³/mol. The van der Waals surface area contributed by atoms with Crippen LogP contribution in [0.2, 0.25) is 0 Å². The number of nitrogens with two attached hydrogens (primary N) is 1. The van der Waals surface area contributed by atoms with E-state index in [0.29, 0.717) is 5.69 Å². The highest BCUT2D eigenvalue weighted by Gasteiger charge is 2.19. The fourth-order valence-electron chi connectivity index (χ4n) is 2.68. The number of anilines is 2. The molecule has 1 heterocycles. The van der Waals surface area contributed by atoms with Gasteiger partial charge in [-0.25, -0.2) is 13.4 Å². The molecule has 6 heteroatoms. The number of nitrogen functional groups attached to an aromatic ring is 1. The van der Waals surface area contributed by atoms with Crippen molar-refractivity contribution < 1.29 is 8.42 Å². The van der Waals surface area contributed by atoms with Gasteiger partial charge in [-0.05, 0) is 48.9 Å². The number of rotatable bonds is 3. The first-order valence-corrected chi connectivity index (χ1v) is 8.40. The second-order valence-corrected chi connectivity index (χ2v) is 6.85. The van der Waals surface area contributed by atoms with Gasteiger partial charge in [-0.3, -0.25) is 4.72 Å². The van der Waals surface area contributed by atoms with E-state index in [9.17, 15) is 8.42 Å². The maximum Gasteiger partial charge on any atom is 0.262 e. The molecule has 0 radical (unpaired) electrons. The number of fused-ring (bicyclic) bond motifs is 1. The lowest BCUT2D eigenvalue weighted by Gasteiger charge is -2.20. The number of pyridine rings is 1. The summed E-state index contributed by atoms with van der Waals surface area (Å²) in [7, 11) is -3.64. The minimum atomic E-state index is -3.64. The first-order chi connectivity index (χ1) is 10.1. The van der Waals surface area contributed by atoms with Crippen LogP contribution in [0, 0.1) is 0 Å². The van der Waals surface area contributed by atoms with Gasteiger partial charge in [-0.15, -0.1) is 0 Å². The average molecular weight is 303 g/mol. The van der Waals surface area contributed by atoms with Crippen molar-refractivity contribution in [1.29, 1.82) is 0 Å². The molecule has 1 aliphatic carbocycles. The molecule has 21 heavy (non-hydrogen) atoms. The van der Waals surface area contributed by atoms with Crippen molar-refractivity contribution in [3.63, 3.8) is 0 Å². The van der Waals surface area contributed by atoms with Crippen molar-refractivity contribution in [3.8, 4) is 0 Å². The Morgan fingerprint density at radius 2 is 1.95 bits per heavy atom. The zero-order valence-electron chi connectivity index (χ0n) is 11.5. The van der Waals surface area contributed by atoms with Crippen LogP contribution in [0.4, 0.5) is 11.5 Å². The molecule has 0 aliphatic heterocycles. The molecule has 1 aromatic carbocycles. The van der Waals surface area contributed by atoms with Crippen LogP contribution < -0.4 is 10.5 Å². The molecule has 1 aliphatic rings. The van der Waals surface area contributed by atoms with Gasteiger partial charge in [0.1, 0.15) is 5.82 Å². The Hall–Kier alpha value is -2.08. The number of hydrogen-bond donors (Lipinski definition) is 2. The van der Waals surface area contributed by atoms with Crippen molar-refractivity contribution in [2.45, 2.75) is 30.6 Å². The minimum Gasteiger partial charge on any atom is -0.384 e. The van der Waals surface area contributed by atoms with Crippen LogP contribution in [0.5, 0.6) is 0 Å². The van der Waals surface area contributed by atoms with Crippen LogP contribution in [0.25, 0.3) is 0 Å². The number of aryl methyl sites for hydroxylation is 1. The van der Waals surface area contributed by atoms with Crippen molar-refractivity contribution >= 4 is 21.5 Å².